The Hall–Kier alpha value is -1.36. The van der Waals surface area contributed by atoms with E-state index < -0.39 is 28.7 Å². The summed E-state index contributed by atoms with van der Waals surface area (Å²) in [6.07, 6.45) is 13.4. The number of aliphatic hydroxyl groups is 2. The minimum absolute atomic E-state index is 0.0600. The van der Waals surface area contributed by atoms with Gasteiger partial charge in [0.15, 0.2) is 12.1 Å². The quantitative estimate of drug-likeness (QED) is 0.268. The van der Waals surface area contributed by atoms with Crippen molar-refractivity contribution in [2.45, 2.75) is 158 Å². The van der Waals surface area contributed by atoms with Crippen molar-refractivity contribution in [2.24, 2.45) is 28.6 Å². The lowest BCUT2D eigenvalue weighted by atomic mass is 9.41. The standard InChI is InChI=1S/C35H50O9/c1-21-30-27(43-34(44-30)10-4-3-5-11-34)17-29(41-21)42-23-6-13-32(20-36)25-7-12-31(2)24(22-16-28(37)40-19-22)9-15-35(31,39)26(25)8-14-33(32,38)18-23/h16,20-21,23-27,29-30,38-39H,3-15,17-19H2,1-2H3/t21-,23+,24-,25+,26+,27+,29+,30+,31+,32-,33-,35-/m0/s1. The van der Waals surface area contributed by atoms with Gasteiger partial charge in [0.1, 0.15) is 19.0 Å². The molecule has 9 nitrogen and oxygen atoms in total. The highest BCUT2D eigenvalue weighted by atomic mass is 16.8. The number of hydrogen-bond acceptors (Lipinski definition) is 9. The summed E-state index contributed by atoms with van der Waals surface area (Å²) in [6.45, 7) is 4.52. The van der Waals surface area contributed by atoms with Crippen molar-refractivity contribution in [1.82, 2.24) is 0 Å². The summed E-state index contributed by atoms with van der Waals surface area (Å²) in [5.74, 6) is -0.828. The Morgan fingerprint density at radius 3 is 2.50 bits per heavy atom. The summed E-state index contributed by atoms with van der Waals surface area (Å²) < 4.78 is 31.2. The summed E-state index contributed by atoms with van der Waals surface area (Å²) in [6, 6.07) is 0. The van der Waals surface area contributed by atoms with Gasteiger partial charge in [0.2, 0.25) is 0 Å². The average molecular weight is 615 g/mol. The van der Waals surface area contributed by atoms with Crippen LogP contribution in [0.1, 0.15) is 110 Å². The highest BCUT2D eigenvalue weighted by Gasteiger charge is 2.71. The van der Waals surface area contributed by atoms with Crippen LogP contribution in [0.4, 0.5) is 0 Å². The molecule has 2 saturated heterocycles. The van der Waals surface area contributed by atoms with Gasteiger partial charge < -0.3 is 38.7 Å². The molecule has 3 aliphatic heterocycles. The number of carbonyl (C=O) groups is 2. The maximum absolute atomic E-state index is 13.2. The van der Waals surface area contributed by atoms with Gasteiger partial charge in [0.05, 0.1) is 34.9 Å². The van der Waals surface area contributed by atoms with Crippen LogP contribution in [-0.4, -0.2) is 76.8 Å². The molecule has 9 heteroatoms. The zero-order chi connectivity index (χ0) is 30.5. The Morgan fingerprint density at radius 1 is 0.955 bits per heavy atom. The van der Waals surface area contributed by atoms with Crippen molar-refractivity contribution in [1.29, 1.82) is 0 Å². The lowest BCUT2D eigenvalue weighted by Gasteiger charge is -2.65. The molecule has 8 aliphatic rings. The second kappa shape index (κ2) is 10.3. The first-order valence-electron chi connectivity index (χ1n) is 17.5. The molecule has 5 aliphatic carbocycles. The summed E-state index contributed by atoms with van der Waals surface area (Å²) >= 11 is 0. The second-order valence-corrected chi connectivity index (χ2v) is 16.0. The van der Waals surface area contributed by atoms with Gasteiger partial charge in [-0.05, 0) is 94.5 Å². The number of esters is 1. The zero-order valence-corrected chi connectivity index (χ0v) is 26.3. The average Bonchev–Trinajstić information content (AvgIpc) is 3.66. The predicted molar refractivity (Wildman–Crippen MR) is 157 cm³/mol. The number of aldehydes is 1. The summed E-state index contributed by atoms with van der Waals surface area (Å²) in [4.78, 5) is 25.1. The largest absolute Gasteiger partial charge is 0.458 e. The van der Waals surface area contributed by atoms with Crippen molar-refractivity contribution in [3.63, 3.8) is 0 Å². The van der Waals surface area contributed by atoms with Gasteiger partial charge in [-0.25, -0.2) is 4.79 Å². The third-order valence-corrected chi connectivity index (χ3v) is 14.1. The molecular weight excluding hydrogens is 564 g/mol. The lowest BCUT2D eigenvalue weighted by Crippen LogP contribution is -2.69. The molecule has 0 aromatic carbocycles. The molecule has 12 atom stereocenters. The predicted octanol–water partition coefficient (Wildman–Crippen LogP) is 4.50. The van der Waals surface area contributed by atoms with Gasteiger partial charge in [0, 0.05) is 37.2 Å². The second-order valence-electron chi connectivity index (χ2n) is 16.0. The fourth-order valence-electron chi connectivity index (χ4n) is 11.9. The fourth-order valence-corrected chi connectivity index (χ4v) is 11.9. The summed E-state index contributed by atoms with van der Waals surface area (Å²) in [7, 11) is 0. The lowest BCUT2D eigenvalue weighted by molar-refractivity contribution is -0.278. The first-order chi connectivity index (χ1) is 21.0. The van der Waals surface area contributed by atoms with Crippen LogP contribution in [0.25, 0.3) is 0 Å². The van der Waals surface area contributed by atoms with Crippen molar-refractivity contribution < 1.29 is 43.5 Å². The van der Waals surface area contributed by atoms with E-state index in [0.29, 0.717) is 51.6 Å². The molecule has 0 amide bonds. The molecule has 1 spiro atoms. The number of rotatable bonds is 4. The fraction of sp³-hybridized carbons (Fsp3) is 0.886. The molecule has 8 rings (SSSR count). The molecule has 44 heavy (non-hydrogen) atoms. The van der Waals surface area contributed by atoms with Crippen LogP contribution in [-0.2, 0) is 33.3 Å². The first-order valence-corrected chi connectivity index (χ1v) is 17.5. The van der Waals surface area contributed by atoms with E-state index in [1.54, 1.807) is 6.08 Å². The molecule has 244 valence electrons. The zero-order valence-electron chi connectivity index (χ0n) is 26.3. The van der Waals surface area contributed by atoms with E-state index in [2.05, 4.69) is 6.92 Å². The molecule has 0 unspecified atom stereocenters. The van der Waals surface area contributed by atoms with Crippen LogP contribution < -0.4 is 0 Å². The van der Waals surface area contributed by atoms with Crippen LogP contribution in [0.5, 0.6) is 0 Å². The molecule has 5 saturated carbocycles. The normalized spacial score (nSPS) is 52.8. The van der Waals surface area contributed by atoms with Gasteiger partial charge in [-0.2, -0.15) is 0 Å². The number of fused-ring (bicyclic) bond motifs is 6. The topological polar surface area (TPSA) is 121 Å². The van der Waals surface area contributed by atoms with Gasteiger partial charge in [-0.15, -0.1) is 0 Å². The van der Waals surface area contributed by atoms with Gasteiger partial charge in [0.25, 0.3) is 0 Å². The van der Waals surface area contributed by atoms with Gasteiger partial charge in [-0.1, -0.05) is 13.3 Å². The third kappa shape index (κ3) is 4.18. The maximum atomic E-state index is 13.2. The van der Waals surface area contributed by atoms with Crippen LogP contribution >= 0.6 is 0 Å². The number of hydrogen-bond donors (Lipinski definition) is 2. The number of ether oxygens (including phenoxy) is 5. The molecule has 0 radical (unpaired) electrons. The van der Waals surface area contributed by atoms with Crippen molar-refractivity contribution in [2.75, 3.05) is 6.61 Å². The third-order valence-electron chi connectivity index (χ3n) is 14.1. The maximum Gasteiger partial charge on any atom is 0.331 e. The molecule has 0 aromatic rings. The van der Waals surface area contributed by atoms with E-state index in [1.165, 1.54) is 6.42 Å². The van der Waals surface area contributed by atoms with E-state index in [9.17, 15) is 19.8 Å². The van der Waals surface area contributed by atoms with E-state index in [4.69, 9.17) is 23.7 Å². The van der Waals surface area contributed by atoms with Crippen molar-refractivity contribution in [3.05, 3.63) is 11.6 Å². The molecule has 0 bridgehead atoms. The van der Waals surface area contributed by atoms with Crippen LogP contribution in [0.2, 0.25) is 0 Å². The van der Waals surface area contributed by atoms with E-state index >= 15 is 0 Å². The Bertz CT molecular complexity index is 1210. The van der Waals surface area contributed by atoms with E-state index in [1.807, 2.05) is 6.92 Å². The monoisotopic (exact) mass is 614 g/mol. The molecule has 7 fully saturated rings. The Morgan fingerprint density at radius 2 is 1.75 bits per heavy atom. The minimum Gasteiger partial charge on any atom is -0.458 e. The van der Waals surface area contributed by atoms with Crippen LogP contribution in [0.15, 0.2) is 11.6 Å². The first kappa shape index (κ1) is 30.0. The highest BCUT2D eigenvalue weighted by Crippen LogP contribution is 2.70. The smallest absolute Gasteiger partial charge is 0.331 e. The van der Waals surface area contributed by atoms with Crippen LogP contribution in [0.3, 0.4) is 0 Å². The van der Waals surface area contributed by atoms with Gasteiger partial charge in [-0.3, -0.25) is 0 Å². The highest BCUT2D eigenvalue weighted by molar-refractivity contribution is 5.85. The van der Waals surface area contributed by atoms with E-state index in [0.717, 1.165) is 56.8 Å². The number of cyclic esters (lactones) is 1. The Balaban J connectivity index is 0.971. The Kier molecular flexibility index (Phi) is 7.04. The van der Waals surface area contributed by atoms with Crippen LogP contribution in [0, 0.1) is 28.6 Å². The molecule has 3 heterocycles. The van der Waals surface area contributed by atoms with Crippen molar-refractivity contribution >= 4 is 12.3 Å². The SMILES string of the molecule is C[C@@H]1O[C@H](O[C@@H]2CC[C@]3(C=O)[C@@H]4CC[C@]5(C)[C@H](C6=CC(=O)OC6)CC[C@]5(O)[C@@H]4CC[C@]3(O)C2)C[C@H]2OC3(CCCCC3)O[C@H]12. The summed E-state index contributed by atoms with van der Waals surface area (Å²) in [5, 5.41) is 24.8. The minimum atomic E-state index is -1.18. The number of carbonyl (C=O) groups excluding carboxylic acids is 2. The molecule has 2 N–H and O–H groups in total. The Labute approximate surface area is 260 Å². The summed E-state index contributed by atoms with van der Waals surface area (Å²) in [5.41, 5.74) is -2.42. The van der Waals surface area contributed by atoms with E-state index in [-0.39, 0.29) is 53.6 Å². The molecular formula is C35H50O9. The molecule has 0 aromatic heterocycles. The van der Waals surface area contributed by atoms with Gasteiger partial charge >= 0.3 is 5.97 Å². The van der Waals surface area contributed by atoms with Crippen molar-refractivity contribution in [3.8, 4) is 0 Å².